The second kappa shape index (κ2) is 9.80. The first-order valence-electron chi connectivity index (χ1n) is 8.48. The number of hydrogen-bond donors (Lipinski definition) is 0. The van der Waals surface area contributed by atoms with Crippen LogP contribution >= 0.6 is 0 Å². The van der Waals surface area contributed by atoms with Crippen molar-refractivity contribution in [3.63, 3.8) is 0 Å². The molecule has 0 aliphatic heterocycles. The van der Waals surface area contributed by atoms with Gasteiger partial charge in [0.1, 0.15) is 11.5 Å². The van der Waals surface area contributed by atoms with Gasteiger partial charge >= 0.3 is 12.1 Å². The number of benzene rings is 1. The van der Waals surface area contributed by atoms with E-state index in [9.17, 15) is 18.0 Å². The van der Waals surface area contributed by atoms with Crippen molar-refractivity contribution < 1.29 is 32.2 Å². The molecule has 27 heavy (non-hydrogen) atoms. The third-order valence-electron chi connectivity index (χ3n) is 3.45. The fourth-order valence-corrected chi connectivity index (χ4v) is 1.99. The summed E-state index contributed by atoms with van der Waals surface area (Å²) in [5.41, 5.74) is -0.841. The van der Waals surface area contributed by atoms with Gasteiger partial charge in [-0.2, -0.15) is 13.2 Å². The van der Waals surface area contributed by atoms with Crippen LogP contribution in [0.4, 0.5) is 13.2 Å². The number of rotatable bonds is 9. The van der Waals surface area contributed by atoms with Crippen molar-refractivity contribution in [3.05, 3.63) is 48.2 Å². The number of esters is 1. The Bertz CT molecular complexity index is 715. The number of carbonyl (C=O) groups is 1. The minimum absolute atomic E-state index is 0.0477. The van der Waals surface area contributed by atoms with Gasteiger partial charge in [0.25, 0.3) is 0 Å². The van der Waals surface area contributed by atoms with E-state index >= 15 is 0 Å². The Morgan fingerprint density at radius 2 is 1.74 bits per heavy atom. The van der Waals surface area contributed by atoms with Crippen LogP contribution < -0.4 is 9.47 Å². The van der Waals surface area contributed by atoms with Crippen LogP contribution in [0.25, 0.3) is 0 Å². The number of carbonyl (C=O) groups excluding carboxylic acids is 1. The second-order valence-electron chi connectivity index (χ2n) is 5.63. The van der Waals surface area contributed by atoms with Crippen LogP contribution in [0.5, 0.6) is 17.4 Å². The van der Waals surface area contributed by atoms with Crippen molar-refractivity contribution in [1.82, 2.24) is 4.98 Å². The molecule has 2 aromatic rings. The number of pyridine rings is 1. The highest BCUT2D eigenvalue weighted by Crippen LogP contribution is 2.30. The number of nitrogens with zero attached hydrogens (tertiary/aromatic N) is 1. The fraction of sp³-hybridized carbons (Fsp3) is 0.368. The van der Waals surface area contributed by atoms with E-state index < -0.39 is 11.7 Å². The molecular weight excluding hydrogens is 363 g/mol. The van der Waals surface area contributed by atoms with Gasteiger partial charge in [-0.05, 0) is 36.8 Å². The molecule has 0 aliphatic rings. The third-order valence-corrected chi connectivity index (χ3v) is 3.45. The SMILES string of the molecule is CCCCOC(=O)CCOc1ccc(Oc2ccc(C(F)(F)F)cn2)cc1. The van der Waals surface area contributed by atoms with Crippen molar-refractivity contribution in [2.24, 2.45) is 0 Å². The van der Waals surface area contributed by atoms with Gasteiger partial charge in [0.05, 0.1) is 25.2 Å². The zero-order valence-corrected chi connectivity index (χ0v) is 14.8. The number of hydrogen-bond acceptors (Lipinski definition) is 5. The number of aromatic nitrogens is 1. The monoisotopic (exact) mass is 383 g/mol. The minimum Gasteiger partial charge on any atom is -0.493 e. The molecule has 0 spiro atoms. The molecule has 0 fully saturated rings. The number of ether oxygens (including phenoxy) is 3. The number of unbranched alkanes of at least 4 members (excludes halogenated alkanes) is 1. The molecule has 0 aliphatic carbocycles. The van der Waals surface area contributed by atoms with Crippen molar-refractivity contribution in [1.29, 1.82) is 0 Å². The van der Waals surface area contributed by atoms with E-state index in [1.807, 2.05) is 6.92 Å². The van der Waals surface area contributed by atoms with Crippen LogP contribution in [0, 0.1) is 0 Å². The highest BCUT2D eigenvalue weighted by Gasteiger charge is 2.30. The van der Waals surface area contributed by atoms with Gasteiger partial charge in [0.15, 0.2) is 0 Å². The van der Waals surface area contributed by atoms with Crippen LogP contribution in [0.1, 0.15) is 31.7 Å². The van der Waals surface area contributed by atoms with E-state index in [0.717, 1.165) is 25.0 Å². The van der Waals surface area contributed by atoms with Gasteiger partial charge in [-0.15, -0.1) is 0 Å². The molecule has 1 aromatic carbocycles. The Hall–Kier alpha value is -2.77. The molecule has 146 valence electrons. The standard InChI is InChI=1S/C19H20F3NO4/c1-2-3-11-26-18(24)10-12-25-15-5-7-16(8-6-15)27-17-9-4-14(13-23-17)19(20,21)22/h4-9,13H,2-3,10-12H2,1H3. The highest BCUT2D eigenvalue weighted by molar-refractivity contribution is 5.69. The van der Waals surface area contributed by atoms with Crippen LogP contribution in [0.2, 0.25) is 0 Å². The van der Waals surface area contributed by atoms with E-state index in [2.05, 4.69) is 4.98 Å². The molecule has 0 saturated carbocycles. The highest BCUT2D eigenvalue weighted by atomic mass is 19.4. The largest absolute Gasteiger partial charge is 0.493 e. The number of halogens is 3. The molecule has 0 radical (unpaired) electrons. The van der Waals surface area contributed by atoms with E-state index in [-0.39, 0.29) is 24.9 Å². The lowest BCUT2D eigenvalue weighted by Crippen LogP contribution is -2.10. The lowest BCUT2D eigenvalue weighted by atomic mass is 10.3. The van der Waals surface area contributed by atoms with E-state index in [1.165, 1.54) is 0 Å². The maximum Gasteiger partial charge on any atom is 0.417 e. The van der Waals surface area contributed by atoms with E-state index in [4.69, 9.17) is 14.2 Å². The van der Waals surface area contributed by atoms with Gasteiger partial charge in [0.2, 0.25) is 5.88 Å². The molecule has 0 saturated heterocycles. The fourth-order valence-electron chi connectivity index (χ4n) is 1.99. The average molecular weight is 383 g/mol. The molecule has 0 amide bonds. The summed E-state index contributed by atoms with van der Waals surface area (Å²) >= 11 is 0. The molecular formula is C19H20F3NO4. The van der Waals surface area contributed by atoms with Crippen molar-refractivity contribution in [2.75, 3.05) is 13.2 Å². The first-order valence-corrected chi connectivity index (χ1v) is 8.48. The van der Waals surface area contributed by atoms with Gasteiger partial charge < -0.3 is 14.2 Å². The number of alkyl halides is 3. The van der Waals surface area contributed by atoms with Crippen LogP contribution in [0.3, 0.4) is 0 Å². The summed E-state index contributed by atoms with van der Waals surface area (Å²) in [6, 6.07) is 8.49. The summed E-state index contributed by atoms with van der Waals surface area (Å²) in [6.07, 6.45) is -1.78. The smallest absolute Gasteiger partial charge is 0.417 e. The molecule has 0 bridgehead atoms. The van der Waals surface area contributed by atoms with Crippen LogP contribution in [-0.2, 0) is 15.7 Å². The first-order chi connectivity index (χ1) is 12.9. The van der Waals surface area contributed by atoms with Crippen LogP contribution in [-0.4, -0.2) is 24.2 Å². The summed E-state index contributed by atoms with van der Waals surface area (Å²) < 4.78 is 53.3. The molecule has 1 aromatic heterocycles. The zero-order chi connectivity index (χ0) is 19.7. The molecule has 8 heteroatoms. The Kier molecular flexibility index (Phi) is 7.45. The quantitative estimate of drug-likeness (QED) is 0.450. The molecule has 0 N–H and O–H groups in total. The third kappa shape index (κ3) is 7.16. The lowest BCUT2D eigenvalue weighted by molar-refractivity contribution is -0.144. The predicted molar refractivity (Wildman–Crippen MR) is 91.7 cm³/mol. The van der Waals surface area contributed by atoms with Gasteiger partial charge in [-0.25, -0.2) is 4.98 Å². The lowest BCUT2D eigenvalue weighted by Gasteiger charge is -2.09. The summed E-state index contributed by atoms with van der Waals surface area (Å²) in [5.74, 6) is 0.668. The summed E-state index contributed by atoms with van der Waals surface area (Å²) in [5, 5.41) is 0. The Morgan fingerprint density at radius 1 is 1.04 bits per heavy atom. The van der Waals surface area contributed by atoms with Gasteiger partial charge in [-0.1, -0.05) is 13.3 Å². The second-order valence-corrected chi connectivity index (χ2v) is 5.63. The minimum atomic E-state index is -4.44. The van der Waals surface area contributed by atoms with Crippen LogP contribution in [0.15, 0.2) is 42.6 Å². The van der Waals surface area contributed by atoms with Gasteiger partial charge in [0, 0.05) is 12.3 Å². The molecule has 0 unspecified atom stereocenters. The molecule has 0 atom stereocenters. The summed E-state index contributed by atoms with van der Waals surface area (Å²) in [6.45, 7) is 2.61. The van der Waals surface area contributed by atoms with Gasteiger partial charge in [-0.3, -0.25) is 4.79 Å². The van der Waals surface area contributed by atoms with E-state index in [1.54, 1.807) is 24.3 Å². The summed E-state index contributed by atoms with van der Waals surface area (Å²) in [4.78, 5) is 15.1. The Morgan fingerprint density at radius 3 is 2.33 bits per heavy atom. The van der Waals surface area contributed by atoms with E-state index in [0.29, 0.717) is 24.3 Å². The maximum absolute atomic E-state index is 12.5. The summed E-state index contributed by atoms with van der Waals surface area (Å²) in [7, 11) is 0. The average Bonchev–Trinajstić information content (AvgIpc) is 2.63. The zero-order valence-electron chi connectivity index (χ0n) is 14.8. The predicted octanol–water partition coefficient (Wildman–Crippen LogP) is 5.00. The Labute approximate surface area is 155 Å². The van der Waals surface area contributed by atoms with Crippen molar-refractivity contribution in [2.45, 2.75) is 32.4 Å². The molecule has 5 nitrogen and oxygen atoms in total. The molecule has 2 rings (SSSR count). The Balaban J connectivity index is 1.79. The normalized spacial score (nSPS) is 11.1. The van der Waals surface area contributed by atoms with Crippen molar-refractivity contribution >= 4 is 5.97 Å². The van der Waals surface area contributed by atoms with Crippen molar-refractivity contribution in [3.8, 4) is 17.4 Å². The topological polar surface area (TPSA) is 57.7 Å². The maximum atomic E-state index is 12.5. The molecule has 1 heterocycles. The first kappa shape index (κ1) is 20.5.